The number of nitrogens with zero attached hydrogens (tertiary/aromatic N) is 1. The minimum absolute atomic E-state index is 0.0672. The zero-order valence-corrected chi connectivity index (χ0v) is 12.4. The quantitative estimate of drug-likeness (QED) is 0.818. The summed E-state index contributed by atoms with van der Waals surface area (Å²) in [6.45, 7) is 4.29. The summed E-state index contributed by atoms with van der Waals surface area (Å²) in [6, 6.07) is 1.81. The van der Waals surface area contributed by atoms with Crippen molar-refractivity contribution in [3.05, 3.63) is 23.0 Å². The Hall–Kier alpha value is -1.17. The van der Waals surface area contributed by atoms with E-state index in [-0.39, 0.29) is 12.0 Å². The number of aryl methyl sites for hydroxylation is 1. The Morgan fingerprint density at radius 1 is 1.55 bits per heavy atom. The van der Waals surface area contributed by atoms with Crippen molar-refractivity contribution in [1.29, 1.82) is 0 Å². The van der Waals surface area contributed by atoms with E-state index in [9.17, 15) is 4.79 Å². The highest BCUT2D eigenvalue weighted by atomic mass is 35.5. The average Bonchev–Trinajstić information content (AvgIpc) is 2.44. The standard InChI is InChI=1S/C14H20ClN3O2/c1-10-8-11(9-17-14(10)15)18-13(19)4-7-20-12-2-5-16-6-3-12/h8-9,12,16H,2-7H2,1H3,(H,18,19). The fraction of sp³-hybridized carbons (Fsp3) is 0.571. The maximum atomic E-state index is 11.8. The third-order valence-corrected chi connectivity index (χ3v) is 3.66. The molecule has 1 amide bonds. The highest BCUT2D eigenvalue weighted by Gasteiger charge is 2.13. The molecule has 0 radical (unpaired) electrons. The number of nitrogens with one attached hydrogen (secondary N) is 2. The molecule has 2 heterocycles. The minimum atomic E-state index is -0.0672. The summed E-state index contributed by atoms with van der Waals surface area (Å²) >= 11 is 5.84. The lowest BCUT2D eigenvalue weighted by atomic mass is 10.1. The van der Waals surface area contributed by atoms with Crippen LogP contribution in [0.2, 0.25) is 5.15 Å². The van der Waals surface area contributed by atoms with Crippen LogP contribution in [0.4, 0.5) is 5.69 Å². The van der Waals surface area contributed by atoms with Crippen molar-refractivity contribution in [3.8, 4) is 0 Å². The van der Waals surface area contributed by atoms with Crippen molar-refractivity contribution in [2.45, 2.75) is 32.3 Å². The lowest BCUT2D eigenvalue weighted by molar-refractivity contribution is -0.117. The fourth-order valence-corrected chi connectivity index (χ4v) is 2.23. The molecule has 2 N–H and O–H groups in total. The molecular formula is C14H20ClN3O2. The van der Waals surface area contributed by atoms with E-state index in [4.69, 9.17) is 16.3 Å². The van der Waals surface area contributed by atoms with E-state index in [2.05, 4.69) is 15.6 Å². The smallest absolute Gasteiger partial charge is 0.226 e. The number of aromatic nitrogens is 1. The first-order valence-corrected chi connectivity index (χ1v) is 7.27. The van der Waals surface area contributed by atoms with Crippen molar-refractivity contribution >= 4 is 23.2 Å². The van der Waals surface area contributed by atoms with E-state index < -0.39 is 0 Å². The van der Waals surface area contributed by atoms with Gasteiger partial charge in [-0.2, -0.15) is 0 Å². The monoisotopic (exact) mass is 297 g/mol. The molecular weight excluding hydrogens is 278 g/mol. The van der Waals surface area contributed by atoms with Crippen LogP contribution in [0.1, 0.15) is 24.8 Å². The van der Waals surface area contributed by atoms with Gasteiger partial charge in [-0.3, -0.25) is 4.79 Å². The topological polar surface area (TPSA) is 63.2 Å². The number of halogens is 1. The molecule has 1 aliphatic rings. The second-order valence-electron chi connectivity index (χ2n) is 4.95. The van der Waals surface area contributed by atoms with Crippen LogP contribution in [0, 0.1) is 6.92 Å². The summed E-state index contributed by atoms with van der Waals surface area (Å²) in [5.41, 5.74) is 1.51. The maximum Gasteiger partial charge on any atom is 0.226 e. The molecule has 1 fully saturated rings. The van der Waals surface area contributed by atoms with E-state index in [0.29, 0.717) is 23.9 Å². The first-order chi connectivity index (χ1) is 9.65. The number of carbonyl (C=O) groups is 1. The first-order valence-electron chi connectivity index (χ1n) is 6.89. The number of piperidine rings is 1. The molecule has 0 saturated carbocycles. The van der Waals surface area contributed by atoms with Gasteiger partial charge in [0.2, 0.25) is 5.91 Å². The molecule has 1 saturated heterocycles. The molecule has 0 aromatic carbocycles. The zero-order valence-electron chi connectivity index (χ0n) is 11.6. The van der Waals surface area contributed by atoms with Crippen molar-refractivity contribution in [2.24, 2.45) is 0 Å². The predicted octanol–water partition coefficient (Wildman–Crippen LogP) is 2.14. The SMILES string of the molecule is Cc1cc(NC(=O)CCOC2CCNCC2)cnc1Cl. The van der Waals surface area contributed by atoms with Crippen LogP contribution in [-0.2, 0) is 9.53 Å². The lowest BCUT2D eigenvalue weighted by Gasteiger charge is -2.22. The van der Waals surface area contributed by atoms with Gasteiger partial charge in [0, 0.05) is 0 Å². The fourth-order valence-electron chi connectivity index (χ4n) is 2.13. The molecule has 6 heteroatoms. The number of rotatable bonds is 5. The molecule has 0 atom stereocenters. The number of hydrogen-bond acceptors (Lipinski definition) is 4. The summed E-state index contributed by atoms with van der Waals surface area (Å²) in [4.78, 5) is 15.8. The zero-order chi connectivity index (χ0) is 14.4. The Morgan fingerprint density at radius 3 is 3.00 bits per heavy atom. The van der Waals surface area contributed by atoms with Gasteiger partial charge < -0.3 is 15.4 Å². The molecule has 1 aliphatic heterocycles. The Balaban J connectivity index is 1.70. The van der Waals surface area contributed by atoms with Gasteiger partial charge in [0.25, 0.3) is 0 Å². The van der Waals surface area contributed by atoms with E-state index in [0.717, 1.165) is 31.5 Å². The Bertz CT molecular complexity index is 462. The van der Waals surface area contributed by atoms with Crippen LogP contribution < -0.4 is 10.6 Å². The van der Waals surface area contributed by atoms with Gasteiger partial charge in [-0.25, -0.2) is 4.98 Å². The van der Waals surface area contributed by atoms with E-state index in [1.54, 1.807) is 12.3 Å². The molecule has 5 nitrogen and oxygen atoms in total. The second-order valence-corrected chi connectivity index (χ2v) is 5.31. The van der Waals surface area contributed by atoms with Crippen molar-refractivity contribution in [1.82, 2.24) is 10.3 Å². The van der Waals surface area contributed by atoms with Gasteiger partial charge in [-0.1, -0.05) is 11.6 Å². The van der Waals surface area contributed by atoms with Crippen molar-refractivity contribution in [2.75, 3.05) is 25.0 Å². The summed E-state index contributed by atoms with van der Waals surface area (Å²) < 4.78 is 5.70. The van der Waals surface area contributed by atoms with Crippen LogP contribution in [0.5, 0.6) is 0 Å². The van der Waals surface area contributed by atoms with Crippen LogP contribution in [0.15, 0.2) is 12.3 Å². The van der Waals surface area contributed by atoms with Crippen LogP contribution in [0.25, 0.3) is 0 Å². The minimum Gasteiger partial charge on any atom is -0.378 e. The second kappa shape index (κ2) is 7.57. The first kappa shape index (κ1) is 15.2. The van der Waals surface area contributed by atoms with Gasteiger partial charge in [-0.05, 0) is 44.5 Å². The number of carbonyl (C=O) groups excluding carboxylic acids is 1. The van der Waals surface area contributed by atoms with E-state index >= 15 is 0 Å². The molecule has 0 bridgehead atoms. The summed E-state index contributed by atoms with van der Waals surface area (Å²) in [5, 5.41) is 6.53. The van der Waals surface area contributed by atoms with Crippen molar-refractivity contribution in [3.63, 3.8) is 0 Å². The highest BCUT2D eigenvalue weighted by molar-refractivity contribution is 6.30. The molecule has 0 spiro atoms. The van der Waals surface area contributed by atoms with Gasteiger partial charge in [0.15, 0.2) is 0 Å². The summed E-state index contributed by atoms with van der Waals surface area (Å²) in [7, 11) is 0. The van der Waals surface area contributed by atoms with Gasteiger partial charge in [0.1, 0.15) is 5.15 Å². The van der Waals surface area contributed by atoms with Gasteiger partial charge in [-0.15, -0.1) is 0 Å². The van der Waals surface area contributed by atoms with Crippen LogP contribution in [-0.4, -0.2) is 36.7 Å². The highest BCUT2D eigenvalue weighted by Crippen LogP contribution is 2.16. The number of ether oxygens (including phenoxy) is 1. The molecule has 20 heavy (non-hydrogen) atoms. The normalized spacial score (nSPS) is 16.1. The molecule has 110 valence electrons. The summed E-state index contributed by atoms with van der Waals surface area (Å²) in [6.07, 6.45) is 4.22. The third kappa shape index (κ3) is 4.74. The van der Waals surface area contributed by atoms with Crippen molar-refractivity contribution < 1.29 is 9.53 Å². The molecule has 2 rings (SSSR count). The number of hydrogen-bond donors (Lipinski definition) is 2. The number of amides is 1. The molecule has 0 unspecified atom stereocenters. The Labute approximate surface area is 124 Å². The molecule has 1 aromatic rings. The third-order valence-electron chi connectivity index (χ3n) is 3.27. The summed E-state index contributed by atoms with van der Waals surface area (Å²) in [5.74, 6) is -0.0672. The lowest BCUT2D eigenvalue weighted by Crippen LogP contribution is -2.33. The van der Waals surface area contributed by atoms with Gasteiger partial charge >= 0.3 is 0 Å². The van der Waals surface area contributed by atoms with Crippen LogP contribution >= 0.6 is 11.6 Å². The Kier molecular flexibility index (Phi) is 5.76. The number of pyridine rings is 1. The van der Waals surface area contributed by atoms with E-state index in [1.807, 2.05) is 6.92 Å². The Morgan fingerprint density at radius 2 is 2.30 bits per heavy atom. The number of anilines is 1. The van der Waals surface area contributed by atoms with Crippen LogP contribution in [0.3, 0.4) is 0 Å². The molecule has 1 aromatic heterocycles. The largest absolute Gasteiger partial charge is 0.378 e. The average molecular weight is 298 g/mol. The maximum absolute atomic E-state index is 11.8. The predicted molar refractivity (Wildman–Crippen MR) is 79.1 cm³/mol. The van der Waals surface area contributed by atoms with Gasteiger partial charge in [0.05, 0.1) is 31.0 Å². The molecule has 0 aliphatic carbocycles. The van der Waals surface area contributed by atoms with E-state index in [1.165, 1.54) is 0 Å².